The fraction of sp³-hybridized carbons (Fsp3) is 0.518. The Morgan fingerprint density at radius 2 is 1.07 bits per heavy atom. The number of aliphatic hydroxyl groups excluding tert-OH is 1. The molecule has 133 heavy (non-hydrogen) atoms. The van der Waals surface area contributed by atoms with E-state index >= 15 is 4.79 Å². The molecule has 0 bridgehead atoms. The van der Waals surface area contributed by atoms with Crippen LogP contribution in [0, 0.1) is 5.92 Å². The van der Waals surface area contributed by atoms with Crippen molar-refractivity contribution in [1.82, 2.24) is 93.8 Å². The first kappa shape index (κ1) is 108. The van der Waals surface area contributed by atoms with Crippen LogP contribution in [0.15, 0.2) is 102 Å². The molecule has 1 aromatic heterocycles. The average molecular weight is 1900 g/mol. The highest BCUT2D eigenvalue weighted by atomic mass is 32.1. The van der Waals surface area contributed by atoms with Gasteiger partial charge >= 0.3 is 5.97 Å². The Hall–Kier alpha value is -13.5. The van der Waals surface area contributed by atoms with Crippen molar-refractivity contribution in [3.63, 3.8) is 0 Å². The molecular weight excluding hydrogens is 1770 g/mol. The summed E-state index contributed by atoms with van der Waals surface area (Å²) in [5.41, 5.74) is 29.5. The van der Waals surface area contributed by atoms with Gasteiger partial charge in [-0.25, -0.2) is 9.78 Å². The van der Waals surface area contributed by atoms with Gasteiger partial charge < -0.3 is 133 Å². The molecule has 3 heterocycles. The monoisotopic (exact) mass is 1890 g/mol. The van der Waals surface area contributed by atoms with E-state index in [0.717, 1.165) is 16.7 Å². The lowest BCUT2D eigenvalue weighted by atomic mass is 9.99. The number of nitrogens with two attached hydrogens (primary N) is 5. The van der Waals surface area contributed by atoms with Crippen LogP contribution in [0.25, 0.3) is 0 Å². The number of phenolic OH excluding ortho intramolecular Hbond substituents is 1. The van der Waals surface area contributed by atoms with E-state index in [1.807, 2.05) is 0 Å². The molecule has 6 rings (SSSR count). The molecule has 14 atom stereocenters. The van der Waals surface area contributed by atoms with Gasteiger partial charge in [0.2, 0.25) is 106 Å². The summed E-state index contributed by atoms with van der Waals surface area (Å²) in [5.74, 6) is -18.8. The summed E-state index contributed by atoms with van der Waals surface area (Å²) in [6.45, 7) is 4.48. The Bertz CT molecular complexity index is 4760. The zero-order valence-electron chi connectivity index (χ0n) is 74.6. The van der Waals surface area contributed by atoms with Crippen LogP contribution in [0.5, 0.6) is 5.75 Å². The van der Waals surface area contributed by atoms with Crippen molar-refractivity contribution < 1.29 is 106 Å². The molecule has 0 unspecified atom stereocenters. The summed E-state index contributed by atoms with van der Waals surface area (Å²) in [4.78, 5) is 274. The predicted octanol–water partition coefficient (Wildman–Crippen LogP) is -7.31. The Morgan fingerprint density at radius 3 is 1.62 bits per heavy atom. The molecule has 48 heteroatoms. The summed E-state index contributed by atoms with van der Waals surface area (Å²) >= 11 is 8.84. The molecule has 2 saturated heterocycles. The molecule has 726 valence electrons. The van der Waals surface area contributed by atoms with Crippen LogP contribution >= 0.6 is 25.3 Å². The second kappa shape index (κ2) is 53.1. The third-order valence-corrected chi connectivity index (χ3v) is 22.1. The van der Waals surface area contributed by atoms with Gasteiger partial charge in [-0.15, -0.1) is 0 Å². The maximum absolute atomic E-state index is 15.1. The minimum Gasteiger partial charge on any atom is -0.508 e. The standard InChI is InChI=1S/C85H122N24O22S2/c1-45(2)32-58(81(128)107(6)62(35-49-23-25-51(111)26-24-49)82(129)109-31-14-21-60(109)78(125)104-59(43-132)77(124)103-57(37-64(88)113)73(120)96-42-68(117)108-30-15-22-61(108)83(130)131)99-66(115)40-93-65(114)39-94-72(119)54(33-47-16-9-7-10-17-47)101-75(122)56(36-50-38-91-44-97-50)98-67(116)41-95-79(126)69(46(3)110)105-80(127)70(85(4,5)133)106-76(123)55(34-48-18-11-8-12-19-48)102-74(121)53(20-13-29-92-84(89)90)100-71(118)52(86)27-28-63(87)112/h7-12,16-19,23-26,38,44-46,52-62,69-70,110-111,132-133H,13-15,20-22,27-37,39-43,86H2,1-6H3,(H2,87,112)(H2,88,113)(H,91,97)(H,93,114)(H,94,119)(H,95,126)(H,96,120)(H,98,116)(H,99,115)(H,100,118)(H,101,122)(H,102,121)(H,103,124)(H,104,125)(H,105,127)(H,106,123)(H,130,131)(H4,89,90,92)/t46-,52+,53+,54+,55+,56+,57+,58+,59+,60+,61+,62+,69+,70-/m1/s1. The highest BCUT2D eigenvalue weighted by molar-refractivity contribution is 7.81. The van der Waals surface area contributed by atoms with Gasteiger partial charge in [0, 0.05) is 81.2 Å². The molecule has 2 aliphatic heterocycles. The van der Waals surface area contributed by atoms with Crippen molar-refractivity contribution in [2.75, 3.05) is 58.6 Å². The Balaban J connectivity index is 1.10. The lowest BCUT2D eigenvalue weighted by molar-refractivity contribution is -0.149. The molecular formula is C85H122N24O22S2. The van der Waals surface area contributed by atoms with Crippen molar-refractivity contribution in [3.8, 4) is 5.75 Å². The number of carbonyl (C=O) groups is 19. The first-order valence-corrected chi connectivity index (χ1v) is 44.0. The molecule has 3 aromatic carbocycles. The maximum Gasteiger partial charge on any atom is 0.326 e. The van der Waals surface area contributed by atoms with E-state index in [1.54, 1.807) is 74.5 Å². The number of aliphatic imine (C=N–C) groups is 1. The van der Waals surface area contributed by atoms with Crippen LogP contribution in [0.3, 0.4) is 0 Å². The van der Waals surface area contributed by atoms with E-state index in [2.05, 4.69) is 109 Å². The van der Waals surface area contributed by atoms with E-state index in [9.17, 15) is 102 Å². The number of aliphatic carboxylic acids is 1. The number of aliphatic hydroxyl groups is 1. The number of carbonyl (C=O) groups excluding carboxylic acids is 18. The van der Waals surface area contributed by atoms with Gasteiger partial charge in [-0.05, 0) is 107 Å². The van der Waals surface area contributed by atoms with E-state index in [-0.39, 0.29) is 120 Å². The van der Waals surface area contributed by atoms with Gasteiger partial charge in [-0.1, -0.05) is 86.6 Å². The molecule has 2 aliphatic rings. The number of hydrogen-bond acceptors (Lipinski definition) is 26. The van der Waals surface area contributed by atoms with E-state index in [4.69, 9.17) is 28.7 Å². The number of nitrogens with one attached hydrogen (secondary N) is 14. The molecule has 0 spiro atoms. The highest BCUT2D eigenvalue weighted by Gasteiger charge is 2.45. The number of aromatic hydroxyl groups is 1. The number of likely N-dealkylation sites (tertiary alicyclic amines) is 2. The quantitative estimate of drug-likeness (QED) is 0.00845. The van der Waals surface area contributed by atoms with Crippen molar-refractivity contribution in [1.29, 1.82) is 0 Å². The number of guanidine groups is 1. The molecule has 0 aliphatic carbocycles. The van der Waals surface area contributed by atoms with Crippen molar-refractivity contribution in [2.24, 2.45) is 39.6 Å². The van der Waals surface area contributed by atoms with Crippen LogP contribution in [0.2, 0.25) is 0 Å². The molecule has 4 aromatic rings. The van der Waals surface area contributed by atoms with Gasteiger partial charge in [-0.2, -0.15) is 25.3 Å². The number of hydrogen-bond donors (Lipinski definition) is 24. The van der Waals surface area contributed by atoms with Crippen molar-refractivity contribution in [3.05, 3.63) is 120 Å². The third kappa shape index (κ3) is 35.9. The first-order valence-electron chi connectivity index (χ1n) is 43.0. The lowest BCUT2D eigenvalue weighted by Crippen LogP contribution is -2.64. The van der Waals surface area contributed by atoms with Crippen LogP contribution in [0.1, 0.15) is 121 Å². The molecule has 0 saturated carbocycles. The van der Waals surface area contributed by atoms with Gasteiger partial charge in [0.1, 0.15) is 78.3 Å². The zero-order chi connectivity index (χ0) is 98.5. The van der Waals surface area contributed by atoms with E-state index in [1.165, 1.54) is 62.6 Å². The topological polar surface area (TPSA) is 722 Å². The molecule has 2 fully saturated rings. The summed E-state index contributed by atoms with van der Waals surface area (Å²) in [6, 6.07) is 3.34. The second-order valence-electron chi connectivity index (χ2n) is 33.1. The lowest BCUT2D eigenvalue weighted by Gasteiger charge is -2.35. The number of likely N-dealkylation sites (N-methyl/N-ethyl adjacent to an activating group) is 1. The number of primary amides is 2. The third-order valence-electron chi connectivity index (χ3n) is 21.5. The predicted molar refractivity (Wildman–Crippen MR) is 486 cm³/mol. The van der Waals surface area contributed by atoms with Crippen molar-refractivity contribution in [2.45, 2.75) is 214 Å². The number of aromatic nitrogens is 2. The number of benzene rings is 3. The number of aromatic amines is 1. The number of imidazole rings is 1. The number of carboxylic acids is 1. The average Bonchev–Trinajstić information content (AvgIpc) is 1.73. The van der Waals surface area contributed by atoms with E-state index in [0.29, 0.717) is 28.8 Å². The normalized spacial score (nSPS) is 16.2. The number of carboxylic acid groups (broad SMARTS) is 1. The minimum atomic E-state index is -1.85. The summed E-state index contributed by atoms with van der Waals surface area (Å²) in [7, 11) is 1.31. The largest absolute Gasteiger partial charge is 0.508 e. The summed E-state index contributed by atoms with van der Waals surface area (Å²) in [6.07, 6.45) is -0.166. The molecule has 18 amide bonds. The zero-order valence-corrected chi connectivity index (χ0v) is 76.4. The van der Waals surface area contributed by atoms with Crippen LogP contribution in [-0.2, 0) is 117 Å². The Morgan fingerprint density at radius 1 is 0.556 bits per heavy atom. The number of nitrogens with zero attached hydrogens (tertiary/aromatic N) is 5. The number of rotatable bonds is 53. The maximum atomic E-state index is 15.1. The number of thiol groups is 2. The Labute approximate surface area is 777 Å². The van der Waals surface area contributed by atoms with E-state index < -0.39 is 234 Å². The Kier molecular flexibility index (Phi) is 43.2. The first-order chi connectivity index (χ1) is 62.8. The van der Waals surface area contributed by atoms with Crippen LogP contribution < -0.4 is 97.8 Å². The fourth-order valence-electron chi connectivity index (χ4n) is 14.4. The van der Waals surface area contributed by atoms with Crippen molar-refractivity contribution >= 4 is 144 Å². The molecule has 0 radical (unpaired) electrons. The van der Waals surface area contributed by atoms with Crippen LogP contribution in [-0.4, -0.2) is 306 Å². The summed E-state index contributed by atoms with van der Waals surface area (Å²) in [5, 5.41) is 63.0. The molecule has 46 nitrogen and oxygen atoms in total. The summed E-state index contributed by atoms with van der Waals surface area (Å²) < 4.78 is -1.48. The van der Waals surface area contributed by atoms with Gasteiger partial charge in [0.15, 0.2) is 5.96 Å². The second-order valence-corrected chi connectivity index (χ2v) is 34.6. The fourth-order valence-corrected chi connectivity index (χ4v) is 14.8. The SMILES string of the molecule is CC(C)C[C@H](NC(=O)CNC(=O)CNC(=O)[C@H](Cc1ccccc1)NC(=O)[C@H](Cc1cnc[nH]1)NC(=O)CNC(=O)[C@@H](NC(=O)[C@@H](NC(=O)[C@H](Cc1ccccc1)NC(=O)[C@H](CCCN=C(N)N)NC(=O)[C@@H](N)CCC(N)=O)C(C)(C)S)[C@@H](C)O)C(=O)N(C)[C@@H](Cc1ccc(O)cc1)C(=O)N1CCC[C@H]1C(=O)N[C@@H](CS)C(=O)N[C@@H](CC(N)=O)C(=O)NCC(=O)N1CCC[C@H]1C(=O)O. The van der Waals surface area contributed by atoms with Gasteiger partial charge in [0.25, 0.3) is 0 Å². The number of phenols is 1. The number of H-pyrrole nitrogens is 1. The molecule has 27 N–H and O–H groups in total. The minimum absolute atomic E-state index is 0.0217. The van der Waals surface area contributed by atoms with Gasteiger partial charge in [0.05, 0.1) is 51.1 Å². The number of amides is 18. The highest BCUT2D eigenvalue weighted by Crippen LogP contribution is 2.26. The van der Waals surface area contributed by atoms with Crippen LogP contribution in [0.4, 0.5) is 0 Å². The van der Waals surface area contributed by atoms with Gasteiger partial charge in [-0.3, -0.25) is 91.3 Å². The smallest absolute Gasteiger partial charge is 0.326 e.